The Hall–Kier alpha value is -3.34. The van der Waals surface area contributed by atoms with Gasteiger partial charge in [0.2, 0.25) is 0 Å². The van der Waals surface area contributed by atoms with Crippen molar-refractivity contribution < 1.29 is 14.4 Å². The molecule has 1 heterocycles. The van der Waals surface area contributed by atoms with Gasteiger partial charge in [-0.25, -0.2) is 0 Å². The van der Waals surface area contributed by atoms with Gasteiger partial charge in [-0.15, -0.1) is 0 Å². The predicted molar refractivity (Wildman–Crippen MR) is 81.7 cm³/mol. The molecule has 1 aromatic carbocycles. The lowest BCUT2D eigenvalue weighted by Gasteiger charge is -2.12. The lowest BCUT2D eigenvalue weighted by molar-refractivity contribution is -0.385. The van der Waals surface area contributed by atoms with Gasteiger partial charge < -0.3 is 14.5 Å². The van der Waals surface area contributed by atoms with Crippen molar-refractivity contribution in [2.24, 2.45) is 0 Å². The molecular weight excluding hydrogens is 302 g/mol. The van der Waals surface area contributed by atoms with E-state index in [1.165, 1.54) is 26.4 Å². The Bertz CT molecular complexity index is 880. The number of benzene rings is 1. The summed E-state index contributed by atoms with van der Waals surface area (Å²) in [6.45, 7) is 1.67. The molecule has 23 heavy (non-hydrogen) atoms. The van der Waals surface area contributed by atoms with Crippen molar-refractivity contribution in [3.05, 3.63) is 49.9 Å². The molecule has 0 aliphatic carbocycles. The second-order valence-electron chi connectivity index (χ2n) is 4.66. The molecule has 0 amide bonds. The van der Waals surface area contributed by atoms with E-state index in [0.29, 0.717) is 16.8 Å². The van der Waals surface area contributed by atoms with Crippen LogP contribution in [-0.4, -0.2) is 24.1 Å². The minimum Gasteiger partial charge on any atom is -0.496 e. The van der Waals surface area contributed by atoms with Crippen LogP contribution in [0.2, 0.25) is 0 Å². The lowest BCUT2D eigenvalue weighted by Crippen LogP contribution is -2.13. The smallest absolute Gasteiger partial charge is 0.314 e. The topological polar surface area (TPSA) is 118 Å². The summed E-state index contributed by atoms with van der Waals surface area (Å²) in [4.78, 5) is 25.0. The van der Waals surface area contributed by atoms with Gasteiger partial charge in [0.05, 0.1) is 25.2 Å². The van der Waals surface area contributed by atoms with Gasteiger partial charge in [0.15, 0.2) is 5.75 Å². The van der Waals surface area contributed by atoms with E-state index >= 15 is 0 Å². The van der Waals surface area contributed by atoms with E-state index in [1.54, 1.807) is 13.0 Å². The zero-order valence-corrected chi connectivity index (χ0v) is 12.7. The minimum absolute atomic E-state index is 0.00706. The fourth-order valence-electron chi connectivity index (χ4n) is 2.25. The summed E-state index contributed by atoms with van der Waals surface area (Å²) in [5.41, 5.74) is 0.308. The second-order valence-corrected chi connectivity index (χ2v) is 4.66. The Morgan fingerprint density at radius 2 is 1.83 bits per heavy atom. The molecule has 0 spiro atoms. The van der Waals surface area contributed by atoms with Gasteiger partial charge in [-0.2, -0.15) is 5.26 Å². The van der Waals surface area contributed by atoms with Gasteiger partial charge in [-0.1, -0.05) is 0 Å². The Kier molecular flexibility index (Phi) is 4.32. The third-order valence-corrected chi connectivity index (χ3v) is 3.27. The molecule has 0 saturated carbocycles. The number of nitrogens with one attached hydrogen (secondary N) is 1. The SMILES string of the molecule is COc1cc([N+](=O)[O-])c(OC)cc1-c1cc(C)[nH]c(=O)c1C#N. The molecule has 0 fully saturated rings. The molecule has 0 aliphatic rings. The lowest BCUT2D eigenvalue weighted by atomic mass is 9.99. The van der Waals surface area contributed by atoms with Crippen LogP contribution in [0.5, 0.6) is 11.5 Å². The summed E-state index contributed by atoms with van der Waals surface area (Å²) in [6.07, 6.45) is 0. The van der Waals surface area contributed by atoms with Gasteiger partial charge in [-0.05, 0) is 19.1 Å². The number of nitro benzene ring substituents is 1. The first kappa shape index (κ1) is 16.0. The summed E-state index contributed by atoms with van der Waals surface area (Å²) in [6, 6.07) is 6.02. The standard InChI is InChI=1S/C15H13N3O5/c1-8-4-9(11(7-16)15(19)17-8)10-5-14(23-3)12(18(20)21)6-13(10)22-2/h4-6H,1-3H3,(H,17,19). The number of pyridine rings is 1. The molecule has 8 heteroatoms. The normalized spacial score (nSPS) is 10.0. The molecule has 0 bridgehead atoms. The highest BCUT2D eigenvalue weighted by Gasteiger charge is 2.22. The van der Waals surface area contributed by atoms with Gasteiger partial charge >= 0.3 is 5.69 Å². The Morgan fingerprint density at radius 1 is 1.17 bits per heavy atom. The van der Waals surface area contributed by atoms with Gasteiger partial charge in [0, 0.05) is 16.8 Å². The number of ether oxygens (including phenoxy) is 2. The van der Waals surface area contributed by atoms with Crippen molar-refractivity contribution in [1.29, 1.82) is 5.26 Å². The summed E-state index contributed by atoms with van der Waals surface area (Å²) < 4.78 is 10.2. The molecule has 1 aromatic heterocycles. The third kappa shape index (κ3) is 2.85. The van der Waals surface area contributed by atoms with E-state index in [2.05, 4.69) is 4.98 Å². The fraction of sp³-hybridized carbons (Fsp3) is 0.200. The number of nitriles is 1. The highest BCUT2D eigenvalue weighted by molar-refractivity contribution is 5.79. The third-order valence-electron chi connectivity index (χ3n) is 3.27. The number of aryl methyl sites for hydroxylation is 1. The number of H-pyrrole nitrogens is 1. The molecule has 0 saturated heterocycles. The molecule has 118 valence electrons. The van der Waals surface area contributed by atoms with Crippen molar-refractivity contribution in [3.8, 4) is 28.7 Å². The van der Waals surface area contributed by atoms with E-state index in [0.717, 1.165) is 0 Å². The van der Waals surface area contributed by atoms with Crippen molar-refractivity contribution in [1.82, 2.24) is 4.98 Å². The number of aromatic amines is 1. The number of hydrogen-bond donors (Lipinski definition) is 1. The molecular formula is C15H13N3O5. The van der Waals surface area contributed by atoms with E-state index < -0.39 is 10.5 Å². The van der Waals surface area contributed by atoms with Crippen LogP contribution in [-0.2, 0) is 0 Å². The average Bonchev–Trinajstić information content (AvgIpc) is 2.52. The first-order chi connectivity index (χ1) is 10.9. The van der Waals surface area contributed by atoms with Crippen LogP contribution in [0.4, 0.5) is 5.69 Å². The molecule has 1 N–H and O–H groups in total. The fourth-order valence-corrected chi connectivity index (χ4v) is 2.25. The van der Waals surface area contributed by atoms with Gasteiger partial charge in [0.25, 0.3) is 5.56 Å². The summed E-state index contributed by atoms with van der Waals surface area (Å²) in [7, 11) is 2.65. The Balaban J connectivity index is 2.87. The van der Waals surface area contributed by atoms with Crippen molar-refractivity contribution >= 4 is 5.69 Å². The maximum atomic E-state index is 11.9. The van der Waals surface area contributed by atoms with Crippen LogP contribution < -0.4 is 15.0 Å². The number of nitro groups is 1. The van der Waals surface area contributed by atoms with Crippen LogP contribution >= 0.6 is 0 Å². The number of nitrogens with zero attached hydrogens (tertiary/aromatic N) is 2. The quantitative estimate of drug-likeness (QED) is 0.682. The highest BCUT2D eigenvalue weighted by Crippen LogP contribution is 2.40. The predicted octanol–water partition coefficient (Wildman–Crippen LogP) is 2.15. The molecule has 0 atom stereocenters. The summed E-state index contributed by atoms with van der Waals surface area (Å²) in [5.74, 6) is 0.173. The van der Waals surface area contributed by atoms with Crippen molar-refractivity contribution in [2.75, 3.05) is 14.2 Å². The average molecular weight is 315 g/mol. The van der Waals surface area contributed by atoms with Crippen molar-refractivity contribution in [2.45, 2.75) is 6.92 Å². The van der Waals surface area contributed by atoms with Crippen LogP contribution in [0, 0.1) is 28.4 Å². The molecule has 2 aromatic rings. The zero-order valence-electron chi connectivity index (χ0n) is 12.7. The van der Waals surface area contributed by atoms with E-state index in [-0.39, 0.29) is 22.7 Å². The largest absolute Gasteiger partial charge is 0.496 e. The summed E-state index contributed by atoms with van der Waals surface area (Å²) >= 11 is 0. The van der Waals surface area contributed by atoms with E-state index in [9.17, 15) is 20.2 Å². The Morgan fingerprint density at radius 3 is 2.35 bits per heavy atom. The number of methoxy groups -OCH3 is 2. The molecule has 0 radical (unpaired) electrons. The van der Waals surface area contributed by atoms with Crippen molar-refractivity contribution in [3.63, 3.8) is 0 Å². The van der Waals surface area contributed by atoms with E-state index in [1.807, 2.05) is 6.07 Å². The first-order valence-electron chi connectivity index (χ1n) is 6.47. The van der Waals surface area contributed by atoms with E-state index in [4.69, 9.17) is 9.47 Å². The van der Waals surface area contributed by atoms with Crippen LogP contribution in [0.15, 0.2) is 23.0 Å². The maximum Gasteiger partial charge on any atom is 0.314 e. The minimum atomic E-state index is -0.598. The molecule has 2 rings (SSSR count). The van der Waals surface area contributed by atoms with Crippen LogP contribution in [0.25, 0.3) is 11.1 Å². The highest BCUT2D eigenvalue weighted by atomic mass is 16.6. The maximum absolute atomic E-state index is 11.9. The monoisotopic (exact) mass is 315 g/mol. The number of aromatic nitrogens is 1. The van der Waals surface area contributed by atoms with Crippen LogP contribution in [0.1, 0.15) is 11.3 Å². The molecule has 8 nitrogen and oxygen atoms in total. The van der Waals surface area contributed by atoms with Gasteiger partial charge in [0.1, 0.15) is 17.4 Å². The Labute approximate surface area is 131 Å². The zero-order chi connectivity index (χ0) is 17.1. The second kappa shape index (κ2) is 6.19. The first-order valence-corrected chi connectivity index (χ1v) is 6.47. The van der Waals surface area contributed by atoms with Gasteiger partial charge in [-0.3, -0.25) is 14.9 Å². The number of rotatable bonds is 4. The molecule has 0 aliphatic heterocycles. The molecule has 0 unspecified atom stereocenters. The number of hydrogen-bond acceptors (Lipinski definition) is 6. The van der Waals surface area contributed by atoms with Crippen LogP contribution in [0.3, 0.4) is 0 Å². The summed E-state index contributed by atoms with van der Waals surface area (Å²) in [5, 5.41) is 20.3.